The van der Waals surface area contributed by atoms with Gasteiger partial charge >= 0.3 is 0 Å². The number of hydrazone groups is 1. The van der Waals surface area contributed by atoms with Crippen LogP contribution in [0.25, 0.3) is 0 Å². The number of nitrogens with two attached hydrogens (primary N) is 3. The highest BCUT2D eigenvalue weighted by molar-refractivity contribution is 5.81. The first-order valence-electron chi connectivity index (χ1n) is 5.44. The van der Waals surface area contributed by atoms with Crippen molar-refractivity contribution in [3.63, 3.8) is 0 Å². The fraction of sp³-hybridized carbons (Fsp3) is 0.556. The van der Waals surface area contributed by atoms with Crippen molar-refractivity contribution in [3.8, 4) is 0 Å². The Hall–Kier alpha value is -1.80. The van der Waals surface area contributed by atoms with Crippen molar-refractivity contribution >= 4 is 11.7 Å². The fourth-order valence-corrected chi connectivity index (χ4v) is 1.06. The third kappa shape index (κ3) is 5.73. The molecule has 0 aliphatic heterocycles. The second kappa shape index (κ2) is 9.43. The van der Waals surface area contributed by atoms with Crippen LogP contribution in [0, 0.1) is 0 Å². The summed E-state index contributed by atoms with van der Waals surface area (Å²) in [5, 5.41) is 8.45. The fourth-order valence-electron chi connectivity index (χ4n) is 1.06. The Kier molecular flexibility index (Phi) is 8.43. The standard InChI is InChI=1S/C7H15N7O.C2H6/c8-12-6(13-9)2-1-5-14(10)7-3-4-11-15-7;1-2/h3-4H,1-2,5,8-10H2,(H,12,13);1-2H3. The van der Waals surface area contributed by atoms with Crippen LogP contribution in [-0.2, 0) is 0 Å². The molecule has 0 atom stereocenters. The number of nitrogens with zero attached hydrogens (tertiary/aromatic N) is 3. The summed E-state index contributed by atoms with van der Waals surface area (Å²) in [6, 6.07) is 1.68. The summed E-state index contributed by atoms with van der Waals surface area (Å²) >= 11 is 0. The largest absolute Gasteiger partial charge is 0.337 e. The Morgan fingerprint density at radius 1 is 1.59 bits per heavy atom. The van der Waals surface area contributed by atoms with Gasteiger partial charge in [0.2, 0.25) is 5.88 Å². The normalized spacial score (nSPS) is 10.5. The zero-order chi connectivity index (χ0) is 13.1. The Labute approximate surface area is 101 Å². The van der Waals surface area contributed by atoms with E-state index in [4.69, 9.17) is 22.1 Å². The number of anilines is 1. The number of amidine groups is 1. The highest BCUT2D eigenvalue weighted by Gasteiger charge is 2.05. The molecular weight excluding hydrogens is 222 g/mol. The summed E-state index contributed by atoms with van der Waals surface area (Å²) in [5.74, 6) is 17.0. The maximum absolute atomic E-state index is 5.69. The van der Waals surface area contributed by atoms with Crippen LogP contribution in [-0.4, -0.2) is 17.5 Å². The van der Waals surface area contributed by atoms with E-state index in [-0.39, 0.29) is 0 Å². The van der Waals surface area contributed by atoms with E-state index in [0.717, 1.165) is 6.42 Å². The predicted octanol–water partition coefficient (Wildman–Crippen LogP) is -0.103. The number of nitrogens with one attached hydrogen (secondary N) is 1. The quantitative estimate of drug-likeness (QED) is 0.245. The summed E-state index contributed by atoms with van der Waals surface area (Å²) < 4.78 is 4.86. The molecule has 0 spiro atoms. The molecule has 0 aliphatic rings. The van der Waals surface area contributed by atoms with E-state index < -0.39 is 0 Å². The van der Waals surface area contributed by atoms with Crippen molar-refractivity contribution < 1.29 is 4.52 Å². The average Bonchev–Trinajstić information content (AvgIpc) is 2.91. The second-order valence-electron chi connectivity index (χ2n) is 2.87. The Morgan fingerprint density at radius 3 is 2.76 bits per heavy atom. The van der Waals surface area contributed by atoms with Crippen LogP contribution in [0.5, 0.6) is 0 Å². The molecule has 8 nitrogen and oxygen atoms in total. The smallest absolute Gasteiger partial charge is 0.241 e. The van der Waals surface area contributed by atoms with Gasteiger partial charge in [0.05, 0.1) is 6.20 Å². The molecule has 0 radical (unpaired) electrons. The number of hydrogen-bond acceptors (Lipinski definition) is 7. The molecule has 17 heavy (non-hydrogen) atoms. The minimum atomic E-state index is 0.516. The summed E-state index contributed by atoms with van der Waals surface area (Å²) in [6.45, 7) is 4.59. The van der Waals surface area contributed by atoms with Crippen molar-refractivity contribution in [2.45, 2.75) is 26.7 Å². The molecule has 0 saturated heterocycles. The van der Waals surface area contributed by atoms with Gasteiger partial charge in [0.1, 0.15) is 5.84 Å². The number of hydrogen-bond donors (Lipinski definition) is 4. The van der Waals surface area contributed by atoms with Crippen molar-refractivity contribution in [3.05, 3.63) is 12.3 Å². The summed E-state index contributed by atoms with van der Waals surface area (Å²) in [7, 11) is 0. The summed E-state index contributed by atoms with van der Waals surface area (Å²) in [4.78, 5) is 0. The predicted molar refractivity (Wildman–Crippen MR) is 67.6 cm³/mol. The lowest BCUT2D eigenvalue weighted by molar-refractivity contribution is 0.415. The first kappa shape index (κ1) is 15.2. The van der Waals surface area contributed by atoms with E-state index in [2.05, 4.69) is 15.7 Å². The molecule has 0 aromatic carbocycles. The van der Waals surface area contributed by atoms with Crippen molar-refractivity contribution in [2.24, 2.45) is 22.6 Å². The first-order valence-corrected chi connectivity index (χ1v) is 5.44. The van der Waals surface area contributed by atoms with Crippen molar-refractivity contribution in [1.29, 1.82) is 0 Å². The zero-order valence-electron chi connectivity index (χ0n) is 10.3. The van der Waals surface area contributed by atoms with Crippen molar-refractivity contribution in [2.75, 3.05) is 11.6 Å². The molecule has 8 heteroatoms. The molecule has 0 fully saturated rings. The van der Waals surface area contributed by atoms with Crippen LogP contribution in [0.4, 0.5) is 5.88 Å². The van der Waals surface area contributed by atoms with Gasteiger partial charge < -0.3 is 15.8 Å². The van der Waals surface area contributed by atoms with Gasteiger partial charge in [0.25, 0.3) is 0 Å². The molecule has 1 aromatic heterocycles. The summed E-state index contributed by atoms with van der Waals surface area (Å²) in [6.07, 6.45) is 2.90. The number of rotatable bonds is 5. The lowest BCUT2D eigenvalue weighted by atomic mass is 10.3. The van der Waals surface area contributed by atoms with Gasteiger partial charge in [-0.05, 0) is 6.42 Å². The van der Waals surface area contributed by atoms with E-state index >= 15 is 0 Å². The maximum Gasteiger partial charge on any atom is 0.241 e. The summed E-state index contributed by atoms with van der Waals surface area (Å²) in [5.41, 5.74) is 2.39. The van der Waals surface area contributed by atoms with Gasteiger partial charge in [-0.1, -0.05) is 19.0 Å². The zero-order valence-corrected chi connectivity index (χ0v) is 10.3. The Bertz CT molecular complexity index is 298. The molecule has 1 rings (SSSR count). The average molecular weight is 243 g/mol. The molecule has 0 saturated carbocycles. The van der Waals surface area contributed by atoms with Crippen LogP contribution in [0.1, 0.15) is 26.7 Å². The topological polar surface area (TPSA) is 132 Å². The molecule has 98 valence electrons. The minimum absolute atomic E-state index is 0.516. The van der Waals surface area contributed by atoms with Crippen LogP contribution >= 0.6 is 0 Å². The van der Waals surface area contributed by atoms with Gasteiger partial charge in [0.15, 0.2) is 0 Å². The van der Waals surface area contributed by atoms with Gasteiger partial charge in [-0.15, -0.1) is 0 Å². The minimum Gasteiger partial charge on any atom is -0.337 e. The third-order valence-corrected chi connectivity index (χ3v) is 1.84. The van der Waals surface area contributed by atoms with Crippen LogP contribution in [0.15, 0.2) is 21.9 Å². The molecule has 1 aromatic rings. The Morgan fingerprint density at radius 2 is 2.29 bits per heavy atom. The molecule has 0 bridgehead atoms. The maximum atomic E-state index is 5.69. The lowest BCUT2D eigenvalue weighted by Crippen LogP contribution is -2.34. The van der Waals surface area contributed by atoms with Crippen LogP contribution < -0.4 is 28.0 Å². The van der Waals surface area contributed by atoms with E-state index in [1.807, 2.05) is 13.8 Å². The van der Waals surface area contributed by atoms with Crippen LogP contribution in [0.2, 0.25) is 0 Å². The van der Waals surface area contributed by atoms with E-state index in [0.29, 0.717) is 24.7 Å². The van der Waals surface area contributed by atoms with Gasteiger partial charge in [-0.25, -0.2) is 11.7 Å². The first-order chi connectivity index (χ1) is 8.27. The molecule has 0 amide bonds. The molecule has 7 N–H and O–H groups in total. The highest BCUT2D eigenvalue weighted by atomic mass is 16.5. The Balaban J connectivity index is 0.00000121. The second-order valence-corrected chi connectivity index (χ2v) is 2.87. The van der Waals surface area contributed by atoms with Gasteiger partial charge in [-0.3, -0.25) is 5.01 Å². The van der Waals surface area contributed by atoms with Gasteiger partial charge in [-0.2, -0.15) is 5.10 Å². The molecular formula is C9H21N7O. The third-order valence-electron chi connectivity index (χ3n) is 1.84. The number of aromatic nitrogens is 1. The monoisotopic (exact) mass is 243 g/mol. The highest BCUT2D eigenvalue weighted by Crippen LogP contribution is 2.08. The van der Waals surface area contributed by atoms with Gasteiger partial charge in [0, 0.05) is 19.0 Å². The van der Waals surface area contributed by atoms with E-state index in [9.17, 15) is 0 Å². The number of hydrazine groups is 2. The lowest BCUT2D eigenvalue weighted by Gasteiger charge is -2.13. The SMILES string of the molecule is CC.N/N=C(/CCCN(N)c1ccno1)NN. The van der Waals surface area contributed by atoms with E-state index in [1.165, 1.54) is 11.2 Å². The van der Waals surface area contributed by atoms with Crippen molar-refractivity contribution in [1.82, 2.24) is 10.6 Å². The molecule has 1 heterocycles. The van der Waals surface area contributed by atoms with Crippen LogP contribution in [0.3, 0.4) is 0 Å². The van der Waals surface area contributed by atoms with E-state index in [1.54, 1.807) is 6.07 Å². The molecule has 0 unspecified atom stereocenters. The molecule has 0 aliphatic carbocycles.